The predicted molar refractivity (Wildman–Crippen MR) is 102 cm³/mol. The SMILES string of the molecule is C[C@H](OC(=O)Cn1cnc2ccccc2c1=O)C(=O)Nc1ccc(F)cc1Cl. The van der Waals surface area contributed by atoms with Crippen molar-refractivity contribution in [3.63, 3.8) is 0 Å². The summed E-state index contributed by atoms with van der Waals surface area (Å²) in [6.07, 6.45) is 0.0901. The molecule has 0 spiro atoms. The van der Waals surface area contributed by atoms with Gasteiger partial charge in [0.25, 0.3) is 11.5 Å². The van der Waals surface area contributed by atoms with Crippen LogP contribution in [0.15, 0.2) is 53.6 Å². The minimum absolute atomic E-state index is 0.0145. The van der Waals surface area contributed by atoms with Gasteiger partial charge in [-0.25, -0.2) is 9.37 Å². The Balaban J connectivity index is 1.65. The van der Waals surface area contributed by atoms with Crippen molar-refractivity contribution in [3.05, 3.63) is 70.0 Å². The van der Waals surface area contributed by atoms with Crippen LogP contribution in [0.5, 0.6) is 0 Å². The summed E-state index contributed by atoms with van der Waals surface area (Å²) in [6.45, 7) is 0.970. The zero-order valence-electron chi connectivity index (χ0n) is 14.7. The molecule has 0 aliphatic rings. The zero-order chi connectivity index (χ0) is 20.3. The molecule has 0 unspecified atom stereocenters. The lowest BCUT2D eigenvalue weighted by Gasteiger charge is -2.14. The summed E-state index contributed by atoms with van der Waals surface area (Å²) in [7, 11) is 0. The van der Waals surface area contributed by atoms with Crippen molar-refractivity contribution in [2.45, 2.75) is 19.6 Å². The van der Waals surface area contributed by atoms with Crippen LogP contribution in [0, 0.1) is 5.82 Å². The largest absolute Gasteiger partial charge is 0.451 e. The minimum atomic E-state index is -1.15. The van der Waals surface area contributed by atoms with E-state index in [1.165, 1.54) is 19.3 Å². The van der Waals surface area contributed by atoms with E-state index in [0.717, 1.165) is 16.7 Å². The molecule has 28 heavy (non-hydrogen) atoms. The maximum Gasteiger partial charge on any atom is 0.326 e. The molecule has 0 radical (unpaired) electrons. The second-order valence-electron chi connectivity index (χ2n) is 5.94. The van der Waals surface area contributed by atoms with E-state index in [1.54, 1.807) is 24.3 Å². The van der Waals surface area contributed by atoms with Gasteiger partial charge in [-0.05, 0) is 37.3 Å². The van der Waals surface area contributed by atoms with Gasteiger partial charge in [-0.3, -0.25) is 19.0 Å². The van der Waals surface area contributed by atoms with Gasteiger partial charge >= 0.3 is 5.97 Å². The lowest BCUT2D eigenvalue weighted by molar-refractivity contribution is -0.153. The normalized spacial score (nSPS) is 11.8. The highest BCUT2D eigenvalue weighted by atomic mass is 35.5. The van der Waals surface area contributed by atoms with Crippen molar-refractivity contribution in [2.75, 3.05) is 5.32 Å². The van der Waals surface area contributed by atoms with Crippen molar-refractivity contribution in [1.82, 2.24) is 9.55 Å². The zero-order valence-corrected chi connectivity index (χ0v) is 15.4. The van der Waals surface area contributed by atoms with Gasteiger partial charge in [0.1, 0.15) is 12.4 Å². The number of hydrogen-bond acceptors (Lipinski definition) is 5. The third-order valence-electron chi connectivity index (χ3n) is 3.90. The number of nitrogens with zero attached hydrogens (tertiary/aromatic N) is 2. The number of rotatable bonds is 5. The number of amides is 1. The number of carbonyl (C=O) groups excluding carboxylic acids is 2. The number of aromatic nitrogens is 2. The number of benzene rings is 2. The lowest BCUT2D eigenvalue weighted by Crippen LogP contribution is -2.33. The number of halogens is 2. The fraction of sp³-hybridized carbons (Fsp3) is 0.158. The van der Waals surface area contributed by atoms with E-state index in [1.807, 2.05) is 0 Å². The summed E-state index contributed by atoms with van der Waals surface area (Å²) in [4.78, 5) is 40.8. The van der Waals surface area contributed by atoms with Crippen molar-refractivity contribution in [1.29, 1.82) is 0 Å². The first-order valence-corrected chi connectivity index (χ1v) is 8.62. The van der Waals surface area contributed by atoms with Crippen molar-refractivity contribution in [3.8, 4) is 0 Å². The Bertz CT molecular complexity index is 1120. The van der Waals surface area contributed by atoms with E-state index in [0.29, 0.717) is 10.9 Å². The first-order valence-electron chi connectivity index (χ1n) is 8.24. The van der Waals surface area contributed by atoms with Crippen LogP contribution in [0.4, 0.5) is 10.1 Å². The van der Waals surface area contributed by atoms with Gasteiger partial charge in [-0.1, -0.05) is 23.7 Å². The number of esters is 1. The highest BCUT2D eigenvalue weighted by molar-refractivity contribution is 6.33. The molecule has 0 saturated heterocycles. The van der Waals surface area contributed by atoms with E-state index < -0.39 is 35.9 Å². The van der Waals surface area contributed by atoms with Crippen LogP contribution in [0.1, 0.15) is 6.92 Å². The summed E-state index contributed by atoms with van der Waals surface area (Å²) in [5, 5.41) is 2.83. The molecule has 9 heteroatoms. The first kappa shape index (κ1) is 19.5. The van der Waals surface area contributed by atoms with Crippen molar-refractivity contribution in [2.24, 2.45) is 0 Å². The van der Waals surface area contributed by atoms with Gasteiger partial charge in [0.15, 0.2) is 6.10 Å². The molecule has 1 heterocycles. The molecule has 1 amide bonds. The van der Waals surface area contributed by atoms with Crippen LogP contribution in [0.25, 0.3) is 10.9 Å². The Morgan fingerprint density at radius 2 is 2.04 bits per heavy atom. The van der Waals surface area contributed by atoms with E-state index in [2.05, 4.69) is 10.3 Å². The number of hydrogen-bond donors (Lipinski definition) is 1. The molecule has 3 aromatic rings. The highest BCUT2D eigenvalue weighted by Crippen LogP contribution is 2.22. The molecule has 3 rings (SSSR count). The summed E-state index contributed by atoms with van der Waals surface area (Å²) < 4.78 is 19.2. The van der Waals surface area contributed by atoms with Crippen molar-refractivity contribution < 1.29 is 18.7 Å². The van der Waals surface area contributed by atoms with Gasteiger partial charge in [0.05, 0.1) is 27.9 Å². The molecule has 1 N–H and O–H groups in total. The third-order valence-corrected chi connectivity index (χ3v) is 4.21. The second kappa shape index (κ2) is 8.18. The Labute approximate surface area is 163 Å². The molecule has 1 atom stereocenters. The van der Waals surface area contributed by atoms with E-state index >= 15 is 0 Å². The van der Waals surface area contributed by atoms with Gasteiger partial charge in [0.2, 0.25) is 0 Å². The summed E-state index contributed by atoms with van der Waals surface area (Å²) in [5.74, 6) is -1.98. The van der Waals surface area contributed by atoms with Crippen molar-refractivity contribution >= 4 is 40.1 Å². The Morgan fingerprint density at radius 1 is 1.29 bits per heavy atom. The standard InChI is InChI=1S/C19H15ClFN3O4/c1-11(18(26)23-16-7-6-12(21)8-14(16)20)28-17(25)9-24-10-22-15-5-3-2-4-13(15)19(24)27/h2-8,10-11H,9H2,1H3,(H,23,26)/t11-/m0/s1. The number of fused-ring (bicyclic) bond motifs is 1. The van der Waals surface area contributed by atoms with E-state index in [4.69, 9.17) is 16.3 Å². The molecule has 0 aliphatic carbocycles. The average Bonchev–Trinajstić information content (AvgIpc) is 2.66. The van der Waals surface area contributed by atoms with Gasteiger partial charge in [-0.15, -0.1) is 0 Å². The maximum atomic E-state index is 13.1. The summed E-state index contributed by atoms with van der Waals surface area (Å²) in [6, 6.07) is 10.2. The number of ether oxygens (including phenoxy) is 1. The van der Waals surface area contributed by atoms with Crippen LogP contribution in [-0.4, -0.2) is 27.5 Å². The fourth-order valence-corrected chi connectivity index (χ4v) is 2.69. The molecule has 144 valence electrons. The Hall–Kier alpha value is -3.26. The molecule has 0 bridgehead atoms. The molecule has 7 nitrogen and oxygen atoms in total. The number of nitrogens with one attached hydrogen (secondary N) is 1. The second-order valence-corrected chi connectivity index (χ2v) is 6.35. The van der Waals surface area contributed by atoms with E-state index in [9.17, 15) is 18.8 Å². The number of anilines is 1. The third kappa shape index (κ3) is 4.34. The first-order chi connectivity index (χ1) is 13.3. The molecule has 2 aromatic carbocycles. The van der Waals surface area contributed by atoms with Crippen LogP contribution in [0.3, 0.4) is 0 Å². The smallest absolute Gasteiger partial charge is 0.326 e. The van der Waals surface area contributed by atoms with Gasteiger partial charge in [0, 0.05) is 0 Å². The lowest BCUT2D eigenvalue weighted by atomic mass is 10.2. The van der Waals surface area contributed by atoms with E-state index in [-0.39, 0.29) is 10.7 Å². The molecule has 0 aliphatic heterocycles. The van der Waals surface area contributed by atoms with Gasteiger partial charge in [-0.2, -0.15) is 0 Å². The Kier molecular flexibility index (Phi) is 5.70. The monoisotopic (exact) mass is 403 g/mol. The topological polar surface area (TPSA) is 90.3 Å². The molecule has 0 fully saturated rings. The highest BCUT2D eigenvalue weighted by Gasteiger charge is 2.19. The fourth-order valence-electron chi connectivity index (χ4n) is 2.47. The number of carbonyl (C=O) groups is 2. The van der Waals surface area contributed by atoms with Gasteiger partial charge < -0.3 is 10.1 Å². The maximum absolute atomic E-state index is 13.1. The molecular formula is C19H15ClFN3O4. The summed E-state index contributed by atoms with van der Waals surface area (Å²) in [5.41, 5.74) is 0.310. The van der Waals surface area contributed by atoms with Crippen LogP contribution >= 0.6 is 11.6 Å². The molecule has 0 saturated carbocycles. The quantitative estimate of drug-likeness (QED) is 0.661. The molecule has 1 aromatic heterocycles. The minimum Gasteiger partial charge on any atom is -0.451 e. The molecular weight excluding hydrogens is 389 g/mol. The predicted octanol–water partition coefficient (Wildman–Crippen LogP) is 2.76. The van der Waals surface area contributed by atoms with Crippen LogP contribution in [-0.2, 0) is 20.9 Å². The van der Waals surface area contributed by atoms with Crippen LogP contribution in [0.2, 0.25) is 5.02 Å². The summed E-state index contributed by atoms with van der Waals surface area (Å²) >= 11 is 5.85. The number of para-hydroxylation sites is 1. The average molecular weight is 404 g/mol. The Morgan fingerprint density at radius 3 is 2.79 bits per heavy atom. The van der Waals surface area contributed by atoms with Crippen LogP contribution < -0.4 is 10.9 Å².